The first-order chi connectivity index (χ1) is 7.27. The highest BCUT2D eigenvalue weighted by Gasteiger charge is 2.13. The van der Waals surface area contributed by atoms with Gasteiger partial charge in [-0.3, -0.25) is 0 Å². The first-order valence-electron chi connectivity index (χ1n) is 5.65. The van der Waals surface area contributed by atoms with E-state index >= 15 is 0 Å². The molecule has 0 aliphatic carbocycles. The molecule has 0 N–H and O–H groups in total. The van der Waals surface area contributed by atoms with Gasteiger partial charge in [-0.1, -0.05) is 18.2 Å². The third-order valence-electron chi connectivity index (χ3n) is 2.70. The molecule has 1 aliphatic rings. The normalized spacial score (nSPS) is 19.9. The van der Waals surface area contributed by atoms with Gasteiger partial charge in [-0.25, -0.2) is 0 Å². The molecule has 1 aliphatic heterocycles. The summed E-state index contributed by atoms with van der Waals surface area (Å²) in [6, 6.07) is 0. The molecule has 0 atom stereocenters. The highest BCUT2D eigenvalue weighted by Crippen LogP contribution is 2.11. The molecule has 15 heavy (non-hydrogen) atoms. The lowest BCUT2D eigenvalue weighted by Crippen LogP contribution is -2.43. The van der Waals surface area contributed by atoms with E-state index in [2.05, 4.69) is 48.6 Å². The van der Waals surface area contributed by atoms with E-state index in [9.17, 15) is 0 Å². The highest BCUT2D eigenvalue weighted by atomic mass is 15.2. The summed E-state index contributed by atoms with van der Waals surface area (Å²) in [6.07, 6.45) is 9.44. The lowest BCUT2D eigenvalue weighted by Gasteiger charge is -2.34. The van der Waals surface area contributed by atoms with E-state index in [1.54, 1.807) is 0 Å². The number of allylic oxidation sites excluding steroid dienone is 4. The van der Waals surface area contributed by atoms with Gasteiger partial charge in [-0.05, 0) is 26.5 Å². The first-order valence-corrected chi connectivity index (χ1v) is 5.65. The molecule has 84 valence electrons. The fourth-order valence-electron chi connectivity index (χ4n) is 1.74. The SMILES string of the molecule is C=CC/C=C(\C=C/C)N1CCN(C)CC1. The second-order valence-corrected chi connectivity index (χ2v) is 3.94. The molecule has 1 fully saturated rings. The highest BCUT2D eigenvalue weighted by molar-refractivity contribution is 5.18. The van der Waals surface area contributed by atoms with Crippen molar-refractivity contribution < 1.29 is 0 Å². The minimum Gasteiger partial charge on any atom is -0.369 e. The summed E-state index contributed by atoms with van der Waals surface area (Å²) in [7, 11) is 2.18. The molecule has 1 heterocycles. The number of nitrogens with zero attached hydrogens (tertiary/aromatic N) is 2. The Labute approximate surface area is 93.6 Å². The van der Waals surface area contributed by atoms with Crippen LogP contribution in [0.4, 0.5) is 0 Å². The van der Waals surface area contributed by atoms with E-state index in [1.165, 1.54) is 5.70 Å². The van der Waals surface area contributed by atoms with Gasteiger partial charge in [0.05, 0.1) is 0 Å². The van der Waals surface area contributed by atoms with E-state index in [0.717, 1.165) is 32.6 Å². The zero-order valence-electron chi connectivity index (χ0n) is 9.95. The van der Waals surface area contributed by atoms with Crippen molar-refractivity contribution in [1.29, 1.82) is 0 Å². The molecule has 0 amide bonds. The second-order valence-electron chi connectivity index (χ2n) is 3.94. The van der Waals surface area contributed by atoms with E-state index in [0.29, 0.717) is 0 Å². The smallest absolute Gasteiger partial charge is 0.0326 e. The monoisotopic (exact) mass is 206 g/mol. The fraction of sp³-hybridized carbons (Fsp3) is 0.538. The van der Waals surface area contributed by atoms with Crippen molar-refractivity contribution in [2.75, 3.05) is 33.2 Å². The van der Waals surface area contributed by atoms with Crippen LogP contribution in [0.15, 0.2) is 36.6 Å². The Bertz CT molecular complexity index is 245. The summed E-state index contributed by atoms with van der Waals surface area (Å²) < 4.78 is 0. The zero-order valence-corrected chi connectivity index (χ0v) is 9.95. The molecule has 0 aromatic heterocycles. The van der Waals surface area contributed by atoms with Crippen LogP contribution in [0.1, 0.15) is 13.3 Å². The molecular formula is C13H22N2. The Hall–Kier alpha value is -1.02. The number of likely N-dealkylation sites (N-methyl/N-ethyl adjacent to an activating group) is 1. The Morgan fingerprint density at radius 3 is 2.47 bits per heavy atom. The number of hydrogen-bond acceptors (Lipinski definition) is 2. The maximum atomic E-state index is 3.75. The third kappa shape index (κ3) is 3.92. The average Bonchev–Trinajstić information content (AvgIpc) is 2.25. The van der Waals surface area contributed by atoms with Gasteiger partial charge in [0.1, 0.15) is 0 Å². The molecule has 0 radical (unpaired) electrons. The van der Waals surface area contributed by atoms with Crippen LogP contribution in [-0.2, 0) is 0 Å². The maximum Gasteiger partial charge on any atom is 0.0326 e. The van der Waals surface area contributed by atoms with Crippen LogP contribution in [0, 0.1) is 0 Å². The van der Waals surface area contributed by atoms with Crippen LogP contribution in [0.5, 0.6) is 0 Å². The molecule has 0 bridgehead atoms. The Morgan fingerprint density at radius 2 is 1.93 bits per heavy atom. The van der Waals surface area contributed by atoms with Gasteiger partial charge in [-0.15, -0.1) is 6.58 Å². The predicted octanol–water partition coefficient (Wildman–Crippen LogP) is 2.27. The van der Waals surface area contributed by atoms with Crippen molar-refractivity contribution in [2.45, 2.75) is 13.3 Å². The predicted molar refractivity (Wildman–Crippen MR) is 66.8 cm³/mol. The number of hydrogen-bond donors (Lipinski definition) is 0. The van der Waals surface area contributed by atoms with Crippen molar-refractivity contribution in [3.63, 3.8) is 0 Å². The largest absolute Gasteiger partial charge is 0.369 e. The Balaban J connectivity index is 2.59. The summed E-state index contributed by atoms with van der Waals surface area (Å²) in [4.78, 5) is 4.82. The molecule has 0 aromatic rings. The number of rotatable bonds is 4. The quantitative estimate of drug-likeness (QED) is 0.514. The molecule has 0 aromatic carbocycles. The van der Waals surface area contributed by atoms with Crippen LogP contribution in [0.3, 0.4) is 0 Å². The topological polar surface area (TPSA) is 6.48 Å². The molecule has 1 rings (SSSR count). The summed E-state index contributed by atoms with van der Waals surface area (Å²) in [6.45, 7) is 10.4. The molecule has 0 unspecified atom stereocenters. The molecular weight excluding hydrogens is 184 g/mol. The van der Waals surface area contributed by atoms with Gasteiger partial charge in [0.2, 0.25) is 0 Å². The third-order valence-corrected chi connectivity index (χ3v) is 2.70. The van der Waals surface area contributed by atoms with Gasteiger partial charge in [0.25, 0.3) is 0 Å². The second kappa shape index (κ2) is 6.46. The van der Waals surface area contributed by atoms with Crippen LogP contribution in [-0.4, -0.2) is 43.0 Å². The first kappa shape index (κ1) is 12.1. The van der Waals surface area contributed by atoms with Crippen molar-refractivity contribution in [1.82, 2.24) is 9.80 Å². The summed E-state index contributed by atoms with van der Waals surface area (Å²) in [5.74, 6) is 0. The zero-order chi connectivity index (χ0) is 11.1. The van der Waals surface area contributed by atoms with E-state index in [1.807, 2.05) is 6.08 Å². The Kier molecular flexibility index (Phi) is 5.19. The lowest BCUT2D eigenvalue weighted by molar-refractivity contribution is 0.190. The van der Waals surface area contributed by atoms with Crippen molar-refractivity contribution >= 4 is 0 Å². The summed E-state index contributed by atoms with van der Waals surface area (Å²) >= 11 is 0. The van der Waals surface area contributed by atoms with Gasteiger partial charge < -0.3 is 9.80 Å². The molecule has 2 heteroatoms. The summed E-state index contributed by atoms with van der Waals surface area (Å²) in [5, 5.41) is 0. The van der Waals surface area contributed by atoms with Gasteiger partial charge in [0, 0.05) is 31.9 Å². The standard InChI is InChI=1S/C13H22N2/c1-4-6-8-13(7-5-2)15-11-9-14(3)10-12-15/h4-5,7-8H,1,6,9-12H2,2-3H3/b7-5-,13-8+. The van der Waals surface area contributed by atoms with Crippen LogP contribution in [0.25, 0.3) is 0 Å². The van der Waals surface area contributed by atoms with Gasteiger partial charge >= 0.3 is 0 Å². The maximum absolute atomic E-state index is 3.75. The minimum absolute atomic E-state index is 0.950. The van der Waals surface area contributed by atoms with Crippen LogP contribution < -0.4 is 0 Å². The molecule has 2 nitrogen and oxygen atoms in total. The number of piperazine rings is 1. The van der Waals surface area contributed by atoms with Crippen molar-refractivity contribution in [3.05, 3.63) is 36.6 Å². The Morgan fingerprint density at radius 1 is 1.27 bits per heavy atom. The molecule has 1 saturated heterocycles. The van der Waals surface area contributed by atoms with Crippen LogP contribution in [0.2, 0.25) is 0 Å². The van der Waals surface area contributed by atoms with Gasteiger partial charge in [-0.2, -0.15) is 0 Å². The lowest BCUT2D eigenvalue weighted by atomic mass is 10.2. The molecule has 0 saturated carbocycles. The van der Waals surface area contributed by atoms with E-state index in [4.69, 9.17) is 0 Å². The fourth-order valence-corrected chi connectivity index (χ4v) is 1.74. The van der Waals surface area contributed by atoms with Crippen molar-refractivity contribution in [3.8, 4) is 0 Å². The van der Waals surface area contributed by atoms with Gasteiger partial charge in [0.15, 0.2) is 0 Å². The van der Waals surface area contributed by atoms with E-state index in [-0.39, 0.29) is 0 Å². The molecule has 0 spiro atoms. The minimum atomic E-state index is 0.950. The van der Waals surface area contributed by atoms with Crippen molar-refractivity contribution in [2.24, 2.45) is 0 Å². The summed E-state index contributed by atoms with van der Waals surface area (Å²) in [5.41, 5.74) is 1.34. The average molecular weight is 206 g/mol. The van der Waals surface area contributed by atoms with E-state index < -0.39 is 0 Å². The van der Waals surface area contributed by atoms with Crippen LogP contribution >= 0.6 is 0 Å².